The van der Waals surface area contributed by atoms with Crippen molar-refractivity contribution in [1.29, 1.82) is 0 Å². The van der Waals surface area contributed by atoms with E-state index in [1.165, 1.54) is 6.07 Å². The highest BCUT2D eigenvalue weighted by Crippen LogP contribution is 2.23. The number of nitrogens with zero attached hydrogens (tertiary/aromatic N) is 3. The Labute approximate surface area is 149 Å². The van der Waals surface area contributed by atoms with Crippen molar-refractivity contribution in [2.24, 2.45) is 5.73 Å². The van der Waals surface area contributed by atoms with Gasteiger partial charge in [-0.2, -0.15) is 0 Å². The summed E-state index contributed by atoms with van der Waals surface area (Å²) < 4.78 is 14.0. The van der Waals surface area contributed by atoms with Crippen LogP contribution in [-0.2, 0) is 4.79 Å². The number of halogens is 1. The van der Waals surface area contributed by atoms with Crippen LogP contribution in [0.15, 0.2) is 24.3 Å². The molecule has 2 fully saturated rings. The molecule has 2 heterocycles. The fourth-order valence-electron chi connectivity index (χ4n) is 3.88. The maximum Gasteiger partial charge on any atom is 0.242 e. The van der Waals surface area contributed by atoms with Crippen LogP contribution in [0.25, 0.3) is 0 Å². The van der Waals surface area contributed by atoms with Gasteiger partial charge < -0.3 is 15.5 Å². The zero-order chi connectivity index (χ0) is 18.0. The molecule has 0 radical (unpaired) electrons. The molecule has 1 aromatic carbocycles. The number of carbonyl (C=O) groups excluding carboxylic acids is 1. The highest BCUT2D eigenvalue weighted by molar-refractivity contribution is 5.85. The van der Waals surface area contributed by atoms with Gasteiger partial charge in [-0.25, -0.2) is 4.39 Å². The smallest absolute Gasteiger partial charge is 0.242 e. The molecule has 3 rings (SSSR count). The van der Waals surface area contributed by atoms with Gasteiger partial charge in [0.1, 0.15) is 5.82 Å². The van der Waals surface area contributed by atoms with Crippen molar-refractivity contribution in [3.63, 3.8) is 0 Å². The Balaban J connectivity index is 1.58. The summed E-state index contributed by atoms with van der Waals surface area (Å²) in [7, 11) is 0. The molecular weight excluding hydrogens is 319 g/mol. The topological polar surface area (TPSA) is 52.8 Å². The number of amides is 1. The Hall–Kier alpha value is -1.66. The number of carbonyl (C=O) groups is 1. The molecule has 2 N–H and O–H groups in total. The maximum atomic E-state index is 14.0. The lowest BCUT2D eigenvalue weighted by Crippen LogP contribution is -2.59. The Morgan fingerprint density at radius 3 is 2.48 bits per heavy atom. The molecule has 0 saturated carbocycles. The maximum absolute atomic E-state index is 14.0. The van der Waals surface area contributed by atoms with Crippen LogP contribution in [0.2, 0.25) is 0 Å². The van der Waals surface area contributed by atoms with E-state index < -0.39 is 5.54 Å². The first-order chi connectivity index (χ1) is 11.9. The number of hydrogen-bond donors (Lipinski definition) is 1. The Morgan fingerprint density at radius 2 is 1.84 bits per heavy atom. The number of rotatable bonds is 3. The summed E-state index contributed by atoms with van der Waals surface area (Å²) in [5, 5.41) is 0. The third-order valence-electron chi connectivity index (χ3n) is 5.26. The normalized spacial score (nSPS) is 23.0. The van der Waals surface area contributed by atoms with E-state index in [9.17, 15) is 9.18 Å². The van der Waals surface area contributed by atoms with Crippen molar-refractivity contribution in [2.45, 2.75) is 38.3 Å². The fourth-order valence-corrected chi connectivity index (χ4v) is 3.88. The summed E-state index contributed by atoms with van der Waals surface area (Å²) in [5.74, 6) is -0.127. The molecular formula is C19H29FN4O. The number of hydrogen-bond acceptors (Lipinski definition) is 4. The van der Waals surface area contributed by atoms with Gasteiger partial charge in [0.25, 0.3) is 0 Å². The third-order valence-corrected chi connectivity index (χ3v) is 5.26. The summed E-state index contributed by atoms with van der Waals surface area (Å²) >= 11 is 0. The minimum atomic E-state index is -0.814. The monoisotopic (exact) mass is 348 g/mol. The molecule has 2 aliphatic rings. The number of likely N-dealkylation sites (tertiary alicyclic amines) is 1. The molecule has 0 spiro atoms. The summed E-state index contributed by atoms with van der Waals surface area (Å²) in [6.45, 7) is 8.50. The third kappa shape index (κ3) is 4.12. The molecule has 0 aliphatic carbocycles. The lowest BCUT2D eigenvalue weighted by molar-refractivity contribution is -0.138. The number of anilines is 1. The average molecular weight is 348 g/mol. The van der Waals surface area contributed by atoms with E-state index in [2.05, 4.69) is 9.80 Å². The Kier molecular flexibility index (Phi) is 5.29. The second kappa shape index (κ2) is 7.30. The minimum Gasteiger partial charge on any atom is -0.367 e. The number of piperazine rings is 1. The van der Waals surface area contributed by atoms with E-state index in [1.54, 1.807) is 19.9 Å². The van der Waals surface area contributed by atoms with Crippen molar-refractivity contribution >= 4 is 11.6 Å². The Morgan fingerprint density at radius 1 is 1.16 bits per heavy atom. The predicted molar refractivity (Wildman–Crippen MR) is 98.1 cm³/mol. The van der Waals surface area contributed by atoms with Crippen molar-refractivity contribution in [3.05, 3.63) is 30.1 Å². The minimum absolute atomic E-state index is 0.0298. The second-order valence-electron chi connectivity index (χ2n) is 7.74. The van der Waals surface area contributed by atoms with Gasteiger partial charge in [-0.1, -0.05) is 12.1 Å². The first kappa shape index (κ1) is 18.1. The van der Waals surface area contributed by atoms with Crippen molar-refractivity contribution in [3.8, 4) is 0 Å². The van der Waals surface area contributed by atoms with E-state index >= 15 is 0 Å². The largest absolute Gasteiger partial charge is 0.367 e. The lowest BCUT2D eigenvalue weighted by Gasteiger charge is -2.44. The SMILES string of the molecule is CC(C)(N)C(=O)N1CCC[C@H](N2CCN(c3ccccc3F)CC2)C1. The standard InChI is InChI=1S/C19H29FN4O/c1-19(2,21)18(25)24-9-5-6-15(14-24)22-10-12-23(13-11-22)17-8-4-3-7-16(17)20/h3-4,7-8,15H,5-6,9-14,21H2,1-2H3/t15-/m0/s1. The molecule has 2 saturated heterocycles. The van der Waals surface area contributed by atoms with Gasteiger partial charge in [0, 0.05) is 45.3 Å². The molecule has 5 nitrogen and oxygen atoms in total. The van der Waals surface area contributed by atoms with Gasteiger partial charge in [-0.15, -0.1) is 0 Å². The van der Waals surface area contributed by atoms with Crippen molar-refractivity contribution in [1.82, 2.24) is 9.80 Å². The summed E-state index contributed by atoms with van der Waals surface area (Å²) in [6, 6.07) is 7.34. The Bertz CT molecular complexity index is 608. The molecule has 0 unspecified atom stereocenters. The van der Waals surface area contributed by atoms with Crippen LogP contribution in [0.1, 0.15) is 26.7 Å². The van der Waals surface area contributed by atoms with Crippen LogP contribution in [0, 0.1) is 5.82 Å². The first-order valence-corrected chi connectivity index (χ1v) is 9.18. The van der Waals surface area contributed by atoms with E-state index in [0.717, 1.165) is 52.1 Å². The van der Waals surface area contributed by atoms with E-state index in [0.29, 0.717) is 11.7 Å². The lowest BCUT2D eigenvalue weighted by atomic mass is 9.99. The highest BCUT2D eigenvalue weighted by Gasteiger charge is 2.34. The van der Waals surface area contributed by atoms with Crippen molar-refractivity contribution in [2.75, 3.05) is 44.2 Å². The molecule has 6 heteroatoms. The zero-order valence-electron chi connectivity index (χ0n) is 15.2. The van der Waals surface area contributed by atoms with Crippen LogP contribution in [-0.4, -0.2) is 66.6 Å². The van der Waals surface area contributed by atoms with Gasteiger partial charge in [0.15, 0.2) is 0 Å². The summed E-state index contributed by atoms with van der Waals surface area (Å²) in [5.41, 5.74) is 5.86. The van der Waals surface area contributed by atoms with Gasteiger partial charge in [-0.3, -0.25) is 9.69 Å². The van der Waals surface area contributed by atoms with Gasteiger partial charge in [0.2, 0.25) is 5.91 Å². The quantitative estimate of drug-likeness (QED) is 0.903. The number of nitrogens with two attached hydrogens (primary N) is 1. The fraction of sp³-hybridized carbons (Fsp3) is 0.632. The molecule has 0 bridgehead atoms. The van der Waals surface area contributed by atoms with Crippen LogP contribution >= 0.6 is 0 Å². The molecule has 2 aliphatic heterocycles. The molecule has 1 atom stereocenters. The second-order valence-corrected chi connectivity index (χ2v) is 7.74. The van der Waals surface area contributed by atoms with Crippen LogP contribution in [0.4, 0.5) is 10.1 Å². The molecule has 138 valence electrons. The molecule has 0 aromatic heterocycles. The van der Waals surface area contributed by atoms with Crippen LogP contribution < -0.4 is 10.6 Å². The zero-order valence-corrected chi connectivity index (χ0v) is 15.2. The van der Waals surface area contributed by atoms with Crippen LogP contribution in [0.3, 0.4) is 0 Å². The number of benzene rings is 1. The highest BCUT2D eigenvalue weighted by atomic mass is 19.1. The summed E-state index contributed by atoms with van der Waals surface area (Å²) in [6.07, 6.45) is 2.12. The van der Waals surface area contributed by atoms with Crippen LogP contribution in [0.5, 0.6) is 0 Å². The van der Waals surface area contributed by atoms with Gasteiger partial charge in [0.05, 0.1) is 11.2 Å². The van der Waals surface area contributed by atoms with Crippen molar-refractivity contribution < 1.29 is 9.18 Å². The van der Waals surface area contributed by atoms with E-state index in [4.69, 9.17) is 5.73 Å². The van der Waals surface area contributed by atoms with E-state index in [-0.39, 0.29) is 11.7 Å². The first-order valence-electron chi connectivity index (χ1n) is 9.18. The average Bonchev–Trinajstić information content (AvgIpc) is 2.61. The summed E-state index contributed by atoms with van der Waals surface area (Å²) in [4.78, 5) is 18.9. The molecule has 1 aromatic rings. The number of piperidine rings is 1. The van der Waals surface area contributed by atoms with Gasteiger partial charge >= 0.3 is 0 Å². The molecule has 1 amide bonds. The van der Waals surface area contributed by atoms with Gasteiger partial charge in [-0.05, 0) is 38.8 Å². The predicted octanol–water partition coefficient (Wildman–Crippen LogP) is 1.68. The molecule has 25 heavy (non-hydrogen) atoms. The van der Waals surface area contributed by atoms with E-state index in [1.807, 2.05) is 17.0 Å². The number of para-hydroxylation sites is 1.